The number of nitrogens with zero attached hydrogens (tertiary/aromatic N) is 1. The van der Waals surface area contributed by atoms with Crippen LogP contribution in [0.15, 0.2) is 24.3 Å². The van der Waals surface area contributed by atoms with Gasteiger partial charge in [0.15, 0.2) is 0 Å². The molecule has 0 aliphatic carbocycles. The summed E-state index contributed by atoms with van der Waals surface area (Å²) in [6.45, 7) is 5.40. The first-order valence-electron chi connectivity index (χ1n) is 6.44. The van der Waals surface area contributed by atoms with E-state index < -0.39 is 0 Å². The summed E-state index contributed by atoms with van der Waals surface area (Å²) in [5.74, 6) is 1.25. The third-order valence-corrected chi connectivity index (χ3v) is 3.74. The molecule has 2 atom stereocenters. The summed E-state index contributed by atoms with van der Waals surface area (Å²) in [6, 6.07) is 7.39. The average molecular weight is 270 g/mol. The highest BCUT2D eigenvalue weighted by Gasteiger charge is 2.23. The topological polar surface area (TPSA) is 32.7 Å². The molecule has 2 unspecified atom stereocenters. The van der Waals surface area contributed by atoms with Gasteiger partial charge in [-0.1, -0.05) is 18.5 Å². The zero-order valence-electron chi connectivity index (χ0n) is 10.7. The number of benzene rings is 1. The van der Waals surface area contributed by atoms with Crippen molar-refractivity contribution in [2.45, 2.75) is 19.4 Å². The van der Waals surface area contributed by atoms with Crippen LogP contribution in [-0.4, -0.2) is 42.4 Å². The van der Waals surface area contributed by atoms with Crippen molar-refractivity contribution in [3.05, 3.63) is 29.3 Å². The molecule has 4 heteroatoms. The molecule has 0 radical (unpaired) electrons. The van der Waals surface area contributed by atoms with Crippen LogP contribution in [0.25, 0.3) is 0 Å². The Hall–Kier alpha value is -0.770. The number of aliphatic hydroxyl groups excluding tert-OH is 1. The summed E-state index contributed by atoms with van der Waals surface area (Å²) in [4.78, 5) is 2.25. The van der Waals surface area contributed by atoms with Crippen LogP contribution in [-0.2, 0) is 0 Å². The number of ether oxygens (including phenoxy) is 1. The van der Waals surface area contributed by atoms with Crippen molar-refractivity contribution in [3.63, 3.8) is 0 Å². The van der Waals surface area contributed by atoms with Crippen molar-refractivity contribution >= 4 is 11.6 Å². The average Bonchev–Trinajstić information content (AvgIpc) is 2.36. The van der Waals surface area contributed by atoms with E-state index in [1.165, 1.54) is 0 Å². The first-order chi connectivity index (χ1) is 8.65. The highest BCUT2D eigenvalue weighted by Crippen LogP contribution is 2.18. The number of halogens is 1. The highest BCUT2D eigenvalue weighted by atomic mass is 35.5. The Morgan fingerprint density at radius 2 is 2.11 bits per heavy atom. The van der Waals surface area contributed by atoms with Crippen molar-refractivity contribution in [1.29, 1.82) is 0 Å². The Morgan fingerprint density at radius 1 is 1.39 bits per heavy atom. The molecule has 1 fully saturated rings. The number of hydrogen-bond donors (Lipinski definition) is 1. The summed E-state index contributed by atoms with van der Waals surface area (Å²) in [6.07, 6.45) is 0.858. The molecule has 0 amide bonds. The summed E-state index contributed by atoms with van der Waals surface area (Å²) >= 11 is 5.81. The first kappa shape index (κ1) is 13.7. The number of aliphatic hydroxyl groups is 1. The summed E-state index contributed by atoms with van der Waals surface area (Å²) in [5.41, 5.74) is 0. The van der Waals surface area contributed by atoms with Gasteiger partial charge in [0.05, 0.1) is 6.10 Å². The van der Waals surface area contributed by atoms with Gasteiger partial charge in [0.1, 0.15) is 12.4 Å². The summed E-state index contributed by atoms with van der Waals surface area (Å²) in [5, 5.41) is 10.5. The Kier molecular flexibility index (Phi) is 4.87. The molecule has 3 nitrogen and oxygen atoms in total. The maximum Gasteiger partial charge on any atom is 0.119 e. The molecule has 1 heterocycles. The smallest absolute Gasteiger partial charge is 0.119 e. The van der Waals surface area contributed by atoms with E-state index in [0.29, 0.717) is 12.5 Å². The molecule has 0 spiro atoms. The standard InChI is InChI=1S/C14H20ClNO2/c1-11-6-7-16(10-14(11)17)8-9-18-13-4-2-12(15)3-5-13/h2-5,11,14,17H,6-10H2,1H3. The number of rotatable bonds is 4. The molecular formula is C14H20ClNO2. The lowest BCUT2D eigenvalue weighted by Crippen LogP contribution is -2.44. The van der Waals surface area contributed by atoms with Gasteiger partial charge in [-0.15, -0.1) is 0 Å². The van der Waals surface area contributed by atoms with Crippen LogP contribution in [0.2, 0.25) is 5.02 Å². The second kappa shape index (κ2) is 6.41. The molecule has 1 aliphatic heterocycles. The van der Waals surface area contributed by atoms with E-state index in [2.05, 4.69) is 11.8 Å². The van der Waals surface area contributed by atoms with Crippen LogP contribution in [0, 0.1) is 5.92 Å². The lowest BCUT2D eigenvalue weighted by Gasteiger charge is -2.34. The molecule has 1 aromatic rings. The van der Waals surface area contributed by atoms with Crippen LogP contribution < -0.4 is 4.74 Å². The number of likely N-dealkylation sites (tertiary alicyclic amines) is 1. The second-order valence-electron chi connectivity index (χ2n) is 4.94. The van der Waals surface area contributed by atoms with Crippen molar-refractivity contribution in [2.24, 2.45) is 5.92 Å². The predicted molar refractivity (Wildman–Crippen MR) is 73.2 cm³/mol. The number of β-amino-alcohol motifs (C(OH)–C–C–N with tert-alkyl or cyclic N) is 1. The fourth-order valence-electron chi connectivity index (χ4n) is 2.14. The van der Waals surface area contributed by atoms with Gasteiger partial charge in [-0.25, -0.2) is 0 Å². The van der Waals surface area contributed by atoms with Gasteiger partial charge in [-0.2, -0.15) is 0 Å². The lowest BCUT2D eigenvalue weighted by atomic mass is 9.96. The predicted octanol–water partition coefficient (Wildman–Crippen LogP) is 2.42. The lowest BCUT2D eigenvalue weighted by molar-refractivity contribution is 0.0244. The molecule has 2 rings (SSSR count). The zero-order chi connectivity index (χ0) is 13.0. The van der Waals surface area contributed by atoms with Gasteiger partial charge in [-0.3, -0.25) is 4.90 Å². The molecule has 0 aromatic heterocycles. The fourth-order valence-corrected chi connectivity index (χ4v) is 2.27. The third kappa shape index (κ3) is 3.87. The molecule has 1 saturated heterocycles. The molecule has 100 valence electrons. The fraction of sp³-hybridized carbons (Fsp3) is 0.571. The molecule has 1 aromatic carbocycles. The second-order valence-corrected chi connectivity index (χ2v) is 5.37. The van der Waals surface area contributed by atoms with E-state index in [1.807, 2.05) is 24.3 Å². The van der Waals surface area contributed by atoms with E-state index in [9.17, 15) is 5.11 Å². The zero-order valence-corrected chi connectivity index (χ0v) is 11.4. The van der Waals surface area contributed by atoms with Crippen LogP contribution in [0.4, 0.5) is 0 Å². The van der Waals surface area contributed by atoms with Gasteiger partial charge in [-0.05, 0) is 43.1 Å². The Balaban J connectivity index is 1.71. The summed E-state index contributed by atoms with van der Waals surface area (Å²) < 4.78 is 5.64. The molecule has 1 N–H and O–H groups in total. The van der Waals surface area contributed by atoms with Crippen LogP contribution in [0.1, 0.15) is 13.3 Å². The van der Waals surface area contributed by atoms with E-state index in [4.69, 9.17) is 16.3 Å². The van der Waals surface area contributed by atoms with Crippen molar-refractivity contribution in [1.82, 2.24) is 4.90 Å². The van der Waals surface area contributed by atoms with Crippen molar-refractivity contribution in [2.75, 3.05) is 26.2 Å². The van der Waals surface area contributed by atoms with Crippen LogP contribution in [0.5, 0.6) is 5.75 Å². The molecule has 18 heavy (non-hydrogen) atoms. The van der Waals surface area contributed by atoms with Crippen LogP contribution >= 0.6 is 11.6 Å². The maximum absolute atomic E-state index is 9.80. The normalized spacial score (nSPS) is 25.1. The molecular weight excluding hydrogens is 250 g/mol. The SMILES string of the molecule is CC1CCN(CCOc2ccc(Cl)cc2)CC1O. The van der Waals surface area contributed by atoms with Gasteiger partial charge < -0.3 is 9.84 Å². The molecule has 1 aliphatic rings. The number of hydrogen-bond acceptors (Lipinski definition) is 3. The molecule has 0 bridgehead atoms. The van der Waals surface area contributed by atoms with Crippen LogP contribution in [0.3, 0.4) is 0 Å². The first-order valence-corrected chi connectivity index (χ1v) is 6.82. The Morgan fingerprint density at radius 3 is 2.78 bits per heavy atom. The van der Waals surface area contributed by atoms with Gasteiger partial charge in [0, 0.05) is 18.1 Å². The Labute approximate surface area is 113 Å². The maximum atomic E-state index is 9.80. The Bertz CT molecular complexity index is 369. The monoisotopic (exact) mass is 269 g/mol. The van der Waals surface area contributed by atoms with Gasteiger partial charge in [0.25, 0.3) is 0 Å². The summed E-state index contributed by atoms with van der Waals surface area (Å²) in [7, 11) is 0. The minimum absolute atomic E-state index is 0.200. The highest BCUT2D eigenvalue weighted by molar-refractivity contribution is 6.30. The van der Waals surface area contributed by atoms with E-state index >= 15 is 0 Å². The minimum Gasteiger partial charge on any atom is -0.492 e. The van der Waals surface area contributed by atoms with Gasteiger partial charge in [0.2, 0.25) is 0 Å². The number of piperidine rings is 1. The minimum atomic E-state index is -0.200. The van der Waals surface area contributed by atoms with Crippen molar-refractivity contribution < 1.29 is 9.84 Å². The largest absolute Gasteiger partial charge is 0.492 e. The van der Waals surface area contributed by atoms with E-state index in [0.717, 1.165) is 36.8 Å². The molecule has 0 saturated carbocycles. The van der Waals surface area contributed by atoms with E-state index in [1.54, 1.807) is 0 Å². The van der Waals surface area contributed by atoms with Crippen molar-refractivity contribution in [3.8, 4) is 5.75 Å². The third-order valence-electron chi connectivity index (χ3n) is 3.49. The quantitative estimate of drug-likeness (QED) is 0.911. The van der Waals surface area contributed by atoms with E-state index in [-0.39, 0.29) is 6.10 Å². The van der Waals surface area contributed by atoms with Gasteiger partial charge >= 0.3 is 0 Å².